The molecule has 4 nitrogen and oxygen atoms in total. The topological polar surface area (TPSA) is 39.1 Å². The lowest BCUT2D eigenvalue weighted by atomic mass is 9.96. The molecule has 4 heteroatoms. The first-order valence-corrected chi connectivity index (χ1v) is 6.95. The largest absolute Gasteiger partial charge is 0.497 e. The molecule has 1 atom stereocenters. The van der Waals surface area contributed by atoms with Crippen LogP contribution in [0.4, 0.5) is 0 Å². The van der Waals surface area contributed by atoms with E-state index in [1.165, 1.54) is 16.8 Å². The van der Waals surface area contributed by atoms with Gasteiger partial charge in [-0.25, -0.2) is 0 Å². The average molecular weight is 273 g/mol. The molecule has 0 amide bonds. The van der Waals surface area contributed by atoms with Crippen molar-refractivity contribution in [3.05, 3.63) is 46.8 Å². The molecule has 1 unspecified atom stereocenters. The van der Waals surface area contributed by atoms with Crippen molar-refractivity contribution in [1.82, 2.24) is 15.1 Å². The van der Waals surface area contributed by atoms with Gasteiger partial charge in [0.05, 0.1) is 18.8 Å². The molecule has 0 fully saturated rings. The lowest BCUT2D eigenvalue weighted by Crippen LogP contribution is -2.23. The van der Waals surface area contributed by atoms with E-state index in [1.54, 1.807) is 7.11 Å². The Labute approximate surface area is 120 Å². The smallest absolute Gasteiger partial charge is 0.119 e. The molecule has 1 N–H and O–H groups in total. The predicted octanol–water partition coefficient (Wildman–Crippen LogP) is 2.74. The van der Waals surface area contributed by atoms with Crippen LogP contribution in [0.2, 0.25) is 0 Å². The van der Waals surface area contributed by atoms with Crippen LogP contribution >= 0.6 is 0 Å². The second-order valence-electron chi connectivity index (χ2n) is 4.98. The molecule has 1 aromatic heterocycles. The van der Waals surface area contributed by atoms with E-state index < -0.39 is 0 Å². The van der Waals surface area contributed by atoms with Crippen molar-refractivity contribution in [2.24, 2.45) is 7.05 Å². The van der Waals surface area contributed by atoms with Gasteiger partial charge in [-0.05, 0) is 38.1 Å². The average Bonchev–Trinajstić information content (AvgIpc) is 2.70. The Balaban J connectivity index is 2.50. The minimum absolute atomic E-state index is 0.142. The van der Waals surface area contributed by atoms with Gasteiger partial charge >= 0.3 is 0 Å². The summed E-state index contributed by atoms with van der Waals surface area (Å²) in [4.78, 5) is 0. The number of hydrogen-bond donors (Lipinski definition) is 1. The van der Waals surface area contributed by atoms with Gasteiger partial charge in [-0.1, -0.05) is 19.1 Å². The zero-order valence-corrected chi connectivity index (χ0v) is 12.9. The third kappa shape index (κ3) is 2.70. The van der Waals surface area contributed by atoms with Gasteiger partial charge in [-0.2, -0.15) is 5.10 Å². The third-order valence-corrected chi connectivity index (χ3v) is 3.69. The second-order valence-corrected chi connectivity index (χ2v) is 4.98. The molecule has 0 radical (unpaired) electrons. The number of rotatable bonds is 5. The molecule has 0 saturated heterocycles. The van der Waals surface area contributed by atoms with Gasteiger partial charge in [0.2, 0.25) is 0 Å². The van der Waals surface area contributed by atoms with Gasteiger partial charge < -0.3 is 10.1 Å². The Bertz CT molecular complexity index is 589. The number of hydrogen-bond acceptors (Lipinski definition) is 3. The third-order valence-electron chi connectivity index (χ3n) is 3.69. The zero-order chi connectivity index (χ0) is 14.7. The van der Waals surface area contributed by atoms with E-state index in [2.05, 4.69) is 43.3 Å². The van der Waals surface area contributed by atoms with Gasteiger partial charge in [0, 0.05) is 18.3 Å². The summed E-state index contributed by atoms with van der Waals surface area (Å²) in [6.07, 6.45) is 0. The Morgan fingerprint density at radius 1 is 1.35 bits per heavy atom. The highest BCUT2D eigenvalue weighted by molar-refractivity contribution is 5.40. The van der Waals surface area contributed by atoms with Crippen molar-refractivity contribution >= 4 is 0 Å². The fourth-order valence-electron chi connectivity index (χ4n) is 2.62. The molecule has 2 rings (SSSR count). The Morgan fingerprint density at radius 2 is 2.10 bits per heavy atom. The van der Waals surface area contributed by atoms with E-state index in [9.17, 15) is 0 Å². The number of methoxy groups -OCH3 is 1. The van der Waals surface area contributed by atoms with Gasteiger partial charge in [-0.3, -0.25) is 4.68 Å². The van der Waals surface area contributed by atoms with Crippen LogP contribution in [-0.2, 0) is 7.05 Å². The lowest BCUT2D eigenvalue weighted by Gasteiger charge is -2.20. The van der Waals surface area contributed by atoms with E-state index >= 15 is 0 Å². The summed E-state index contributed by atoms with van der Waals surface area (Å²) in [5, 5.41) is 8.08. The van der Waals surface area contributed by atoms with Crippen LogP contribution in [0.15, 0.2) is 24.3 Å². The molecule has 2 aromatic rings. The fourth-order valence-corrected chi connectivity index (χ4v) is 2.62. The van der Waals surface area contributed by atoms with Crippen molar-refractivity contribution in [2.45, 2.75) is 26.8 Å². The van der Waals surface area contributed by atoms with E-state index in [1.807, 2.05) is 23.9 Å². The number of nitrogens with one attached hydrogen (secondary N) is 1. The van der Waals surface area contributed by atoms with E-state index in [0.29, 0.717) is 0 Å². The van der Waals surface area contributed by atoms with Crippen molar-refractivity contribution < 1.29 is 4.74 Å². The van der Waals surface area contributed by atoms with Gasteiger partial charge in [0.1, 0.15) is 5.75 Å². The summed E-state index contributed by atoms with van der Waals surface area (Å²) in [6, 6.07) is 8.35. The summed E-state index contributed by atoms with van der Waals surface area (Å²) in [5.41, 5.74) is 4.71. The highest BCUT2D eigenvalue weighted by Gasteiger charge is 2.21. The quantitative estimate of drug-likeness (QED) is 0.910. The first kappa shape index (κ1) is 14.6. The molecule has 0 spiro atoms. The number of nitrogens with zero attached hydrogens (tertiary/aromatic N) is 2. The number of aromatic nitrogens is 2. The molecule has 0 aliphatic rings. The van der Waals surface area contributed by atoms with Gasteiger partial charge in [0.25, 0.3) is 0 Å². The molecule has 20 heavy (non-hydrogen) atoms. The first-order valence-electron chi connectivity index (χ1n) is 6.95. The van der Waals surface area contributed by atoms with Crippen LogP contribution in [0.3, 0.4) is 0 Å². The zero-order valence-electron chi connectivity index (χ0n) is 12.9. The van der Waals surface area contributed by atoms with E-state index in [0.717, 1.165) is 18.0 Å². The van der Waals surface area contributed by atoms with Crippen molar-refractivity contribution in [3.8, 4) is 5.75 Å². The second kappa shape index (κ2) is 6.09. The maximum Gasteiger partial charge on any atom is 0.119 e. The monoisotopic (exact) mass is 273 g/mol. The molecule has 1 heterocycles. The molecule has 108 valence electrons. The number of ether oxygens (including phenoxy) is 1. The maximum absolute atomic E-state index is 5.34. The highest BCUT2D eigenvalue weighted by atomic mass is 16.5. The number of aryl methyl sites for hydroxylation is 2. The van der Waals surface area contributed by atoms with Crippen molar-refractivity contribution in [2.75, 3.05) is 13.7 Å². The normalized spacial score (nSPS) is 12.4. The van der Waals surface area contributed by atoms with Crippen molar-refractivity contribution in [1.29, 1.82) is 0 Å². The Morgan fingerprint density at radius 3 is 2.65 bits per heavy atom. The minimum Gasteiger partial charge on any atom is -0.497 e. The molecule has 0 bridgehead atoms. The Kier molecular flexibility index (Phi) is 4.45. The van der Waals surface area contributed by atoms with Crippen LogP contribution in [0.1, 0.15) is 35.5 Å². The molecule has 0 aliphatic carbocycles. The lowest BCUT2D eigenvalue weighted by molar-refractivity contribution is 0.413. The molecule has 1 aromatic carbocycles. The van der Waals surface area contributed by atoms with E-state index in [4.69, 9.17) is 4.74 Å². The van der Waals surface area contributed by atoms with Gasteiger partial charge in [-0.15, -0.1) is 0 Å². The van der Waals surface area contributed by atoms with Crippen molar-refractivity contribution in [3.63, 3.8) is 0 Å². The summed E-state index contributed by atoms with van der Waals surface area (Å²) in [5.74, 6) is 0.879. The molecular formula is C16H23N3O. The highest BCUT2D eigenvalue weighted by Crippen LogP contribution is 2.29. The Hall–Kier alpha value is -1.81. The van der Waals surface area contributed by atoms with Crippen LogP contribution in [0.5, 0.6) is 5.75 Å². The molecular weight excluding hydrogens is 250 g/mol. The van der Waals surface area contributed by atoms with Crippen LogP contribution < -0.4 is 10.1 Å². The fraction of sp³-hybridized carbons (Fsp3) is 0.438. The number of benzene rings is 1. The predicted molar refractivity (Wildman–Crippen MR) is 81.2 cm³/mol. The van der Waals surface area contributed by atoms with Crippen LogP contribution in [0.25, 0.3) is 0 Å². The summed E-state index contributed by atoms with van der Waals surface area (Å²) >= 11 is 0. The van der Waals surface area contributed by atoms with Crippen LogP contribution in [0, 0.1) is 13.8 Å². The molecule has 0 saturated carbocycles. The molecule has 0 aliphatic heterocycles. The van der Waals surface area contributed by atoms with Crippen LogP contribution in [-0.4, -0.2) is 23.4 Å². The van der Waals surface area contributed by atoms with Gasteiger partial charge in [0.15, 0.2) is 0 Å². The summed E-state index contributed by atoms with van der Waals surface area (Å²) in [7, 11) is 3.68. The standard InChI is InChI=1S/C16H23N3O/c1-6-17-16(13-8-7-9-14(10-13)20-5)15-11(2)18-19(4)12(15)3/h7-10,16-17H,6H2,1-5H3. The maximum atomic E-state index is 5.34. The first-order chi connectivity index (χ1) is 9.58. The minimum atomic E-state index is 0.142. The summed E-state index contributed by atoms with van der Waals surface area (Å²) in [6.45, 7) is 7.19. The van der Waals surface area contributed by atoms with E-state index in [-0.39, 0.29) is 6.04 Å². The summed E-state index contributed by atoms with van der Waals surface area (Å²) < 4.78 is 7.28. The SMILES string of the molecule is CCNC(c1cccc(OC)c1)c1c(C)nn(C)c1C.